The van der Waals surface area contributed by atoms with E-state index in [4.69, 9.17) is 0 Å². The number of carbonyl (C=O) groups excluding carboxylic acids is 1. The van der Waals surface area contributed by atoms with Crippen molar-refractivity contribution in [2.24, 2.45) is 0 Å². The van der Waals surface area contributed by atoms with Crippen molar-refractivity contribution < 1.29 is 9.18 Å². The van der Waals surface area contributed by atoms with Gasteiger partial charge in [-0.1, -0.05) is 35.2 Å². The van der Waals surface area contributed by atoms with E-state index < -0.39 is 0 Å². The Morgan fingerprint density at radius 1 is 1.35 bits per heavy atom. The van der Waals surface area contributed by atoms with Gasteiger partial charge in [0.05, 0.1) is 10.9 Å². The largest absolute Gasteiger partial charge is 0.342 e. The monoisotopic (exact) mass is 354 g/mol. The molecule has 0 fully saturated rings. The van der Waals surface area contributed by atoms with Crippen LogP contribution in [-0.4, -0.2) is 39.3 Å². The molecule has 2 rings (SSSR count). The third-order valence-corrected chi connectivity index (χ3v) is 5.23. The number of nitrogens with one attached hydrogen (secondary N) is 1. The van der Waals surface area contributed by atoms with Crippen molar-refractivity contribution in [1.29, 1.82) is 0 Å². The molecule has 0 spiro atoms. The number of aromatic nitrogens is 2. The van der Waals surface area contributed by atoms with E-state index in [9.17, 15) is 9.18 Å². The fraction of sp³-hybridized carbons (Fsp3) is 0.400. The molecule has 1 atom stereocenters. The molecule has 0 bridgehead atoms. The third-order valence-electron chi connectivity index (χ3n) is 3.22. The number of benzene rings is 1. The first-order valence-electron chi connectivity index (χ1n) is 7.35. The van der Waals surface area contributed by atoms with Gasteiger partial charge in [0.15, 0.2) is 4.34 Å². The van der Waals surface area contributed by atoms with E-state index >= 15 is 0 Å². The molecule has 23 heavy (non-hydrogen) atoms. The van der Waals surface area contributed by atoms with Crippen molar-refractivity contribution in [3.05, 3.63) is 30.1 Å². The SMILES string of the molecule is CCN(CC)C(=O)C(C)Sc1nnc(Nc2ccccc2F)s1. The van der Waals surface area contributed by atoms with E-state index in [1.54, 1.807) is 23.1 Å². The van der Waals surface area contributed by atoms with Crippen molar-refractivity contribution in [3.8, 4) is 0 Å². The molecule has 8 heteroatoms. The number of hydrogen-bond donors (Lipinski definition) is 1. The minimum absolute atomic E-state index is 0.0822. The summed E-state index contributed by atoms with van der Waals surface area (Å²) in [5.41, 5.74) is 0.354. The second kappa shape index (κ2) is 8.26. The molecule has 1 amide bonds. The Morgan fingerprint density at radius 2 is 2.04 bits per heavy atom. The highest BCUT2D eigenvalue weighted by atomic mass is 32.2. The van der Waals surface area contributed by atoms with E-state index in [1.807, 2.05) is 20.8 Å². The molecule has 0 aliphatic rings. The Kier molecular flexibility index (Phi) is 6.35. The first kappa shape index (κ1) is 17.7. The molecule has 1 aromatic heterocycles. The Morgan fingerprint density at radius 3 is 2.70 bits per heavy atom. The maximum Gasteiger partial charge on any atom is 0.235 e. The van der Waals surface area contributed by atoms with Gasteiger partial charge in [0.1, 0.15) is 5.82 Å². The lowest BCUT2D eigenvalue weighted by Crippen LogP contribution is -2.36. The molecule has 0 aliphatic carbocycles. The predicted molar refractivity (Wildman–Crippen MR) is 92.8 cm³/mol. The third kappa shape index (κ3) is 4.65. The van der Waals surface area contributed by atoms with Crippen LogP contribution in [0.1, 0.15) is 20.8 Å². The van der Waals surface area contributed by atoms with Crippen molar-refractivity contribution in [2.75, 3.05) is 18.4 Å². The fourth-order valence-electron chi connectivity index (χ4n) is 1.98. The molecular formula is C15H19FN4OS2. The number of hydrogen-bond acceptors (Lipinski definition) is 6. The van der Waals surface area contributed by atoms with Crippen LogP contribution in [0.15, 0.2) is 28.6 Å². The van der Waals surface area contributed by atoms with Crippen LogP contribution >= 0.6 is 23.1 Å². The van der Waals surface area contributed by atoms with Crippen molar-refractivity contribution >= 4 is 39.8 Å². The number of nitrogens with zero attached hydrogens (tertiary/aromatic N) is 3. The number of halogens is 1. The van der Waals surface area contributed by atoms with Gasteiger partial charge in [-0.15, -0.1) is 10.2 Å². The number of carbonyl (C=O) groups is 1. The first-order valence-corrected chi connectivity index (χ1v) is 9.05. The Hall–Kier alpha value is -1.67. The molecular weight excluding hydrogens is 335 g/mol. The highest BCUT2D eigenvalue weighted by molar-refractivity contribution is 8.02. The zero-order valence-electron chi connectivity index (χ0n) is 13.2. The van der Waals surface area contributed by atoms with Crippen LogP contribution < -0.4 is 5.32 Å². The van der Waals surface area contributed by atoms with Crippen LogP contribution in [0.2, 0.25) is 0 Å². The number of thioether (sulfide) groups is 1. The Bertz CT molecular complexity index is 660. The fourth-order valence-corrected chi connectivity index (χ4v) is 3.97. The van der Waals surface area contributed by atoms with E-state index in [1.165, 1.54) is 29.2 Å². The predicted octanol–water partition coefficient (Wildman–Crippen LogP) is 3.77. The summed E-state index contributed by atoms with van der Waals surface area (Å²) >= 11 is 2.67. The van der Waals surface area contributed by atoms with Gasteiger partial charge in [-0.2, -0.15) is 0 Å². The lowest BCUT2D eigenvalue weighted by atomic mass is 10.3. The molecule has 1 heterocycles. The average Bonchev–Trinajstić information content (AvgIpc) is 2.97. The van der Waals surface area contributed by atoms with Crippen molar-refractivity contribution in [3.63, 3.8) is 0 Å². The van der Waals surface area contributed by atoms with Gasteiger partial charge in [-0.3, -0.25) is 4.79 Å². The molecule has 2 aromatic rings. The zero-order valence-corrected chi connectivity index (χ0v) is 14.9. The summed E-state index contributed by atoms with van der Waals surface area (Å²) in [7, 11) is 0. The second-order valence-corrected chi connectivity index (χ2v) is 7.31. The van der Waals surface area contributed by atoms with E-state index in [0.717, 1.165) is 0 Å². The van der Waals surface area contributed by atoms with Gasteiger partial charge in [0.2, 0.25) is 11.0 Å². The van der Waals surface area contributed by atoms with Crippen LogP contribution in [0.5, 0.6) is 0 Å². The highest BCUT2D eigenvalue weighted by Crippen LogP contribution is 2.31. The number of anilines is 2. The topological polar surface area (TPSA) is 58.1 Å². The summed E-state index contributed by atoms with van der Waals surface area (Å²) in [4.78, 5) is 14.0. The molecule has 1 unspecified atom stereocenters. The maximum absolute atomic E-state index is 13.6. The minimum atomic E-state index is -0.345. The summed E-state index contributed by atoms with van der Waals surface area (Å²) in [5, 5.41) is 11.2. The molecule has 5 nitrogen and oxygen atoms in total. The van der Waals surface area contributed by atoms with Crippen LogP contribution in [-0.2, 0) is 4.79 Å². The normalized spacial score (nSPS) is 12.0. The average molecular weight is 354 g/mol. The Balaban J connectivity index is 1.99. The molecule has 1 aromatic carbocycles. The standard InChI is InChI=1S/C15H19FN4OS2/c1-4-20(5-2)13(21)10(3)22-15-19-18-14(23-15)17-12-9-7-6-8-11(12)16/h6-10H,4-5H2,1-3H3,(H,17,18). The van der Waals surface area contributed by atoms with Crippen molar-refractivity contribution in [2.45, 2.75) is 30.4 Å². The molecule has 0 aliphatic heterocycles. The van der Waals surface area contributed by atoms with E-state index in [-0.39, 0.29) is 17.0 Å². The molecule has 0 radical (unpaired) electrons. The summed E-state index contributed by atoms with van der Waals surface area (Å²) in [6, 6.07) is 6.38. The molecule has 124 valence electrons. The van der Waals surface area contributed by atoms with Crippen LogP contribution in [0.4, 0.5) is 15.2 Å². The first-order chi connectivity index (χ1) is 11.0. The summed E-state index contributed by atoms with van der Waals surface area (Å²) in [6.45, 7) is 7.16. The van der Waals surface area contributed by atoms with Gasteiger partial charge in [-0.05, 0) is 32.9 Å². The molecule has 0 saturated carbocycles. The summed E-state index contributed by atoms with van der Waals surface area (Å²) < 4.78 is 14.3. The van der Waals surface area contributed by atoms with Gasteiger partial charge in [-0.25, -0.2) is 4.39 Å². The van der Waals surface area contributed by atoms with Gasteiger partial charge < -0.3 is 10.2 Å². The zero-order chi connectivity index (χ0) is 16.8. The minimum Gasteiger partial charge on any atom is -0.342 e. The highest BCUT2D eigenvalue weighted by Gasteiger charge is 2.21. The summed E-state index contributed by atoms with van der Waals surface area (Å²) in [5.74, 6) is -0.263. The lowest BCUT2D eigenvalue weighted by molar-refractivity contribution is -0.129. The van der Waals surface area contributed by atoms with E-state index in [0.29, 0.717) is 28.2 Å². The maximum atomic E-state index is 13.6. The van der Waals surface area contributed by atoms with Crippen LogP contribution in [0.25, 0.3) is 0 Å². The summed E-state index contributed by atoms with van der Waals surface area (Å²) in [6.07, 6.45) is 0. The van der Waals surface area contributed by atoms with Gasteiger partial charge in [0, 0.05) is 13.1 Å². The number of rotatable bonds is 7. The molecule has 1 N–H and O–H groups in total. The van der Waals surface area contributed by atoms with Gasteiger partial charge >= 0.3 is 0 Å². The second-order valence-electron chi connectivity index (χ2n) is 4.75. The lowest BCUT2D eigenvalue weighted by Gasteiger charge is -2.21. The van der Waals surface area contributed by atoms with Crippen LogP contribution in [0.3, 0.4) is 0 Å². The smallest absolute Gasteiger partial charge is 0.235 e. The number of para-hydroxylation sites is 1. The number of amides is 1. The van der Waals surface area contributed by atoms with Crippen molar-refractivity contribution in [1.82, 2.24) is 15.1 Å². The van der Waals surface area contributed by atoms with E-state index in [2.05, 4.69) is 15.5 Å². The quantitative estimate of drug-likeness (QED) is 0.767. The van der Waals surface area contributed by atoms with Crippen LogP contribution in [0, 0.1) is 5.82 Å². The Labute approximate surface area is 143 Å². The molecule has 0 saturated heterocycles. The van der Waals surface area contributed by atoms with Gasteiger partial charge in [0.25, 0.3) is 0 Å².